The van der Waals surface area contributed by atoms with E-state index in [2.05, 4.69) is 15.3 Å². The molecule has 3 rings (SSSR count). The van der Waals surface area contributed by atoms with Crippen molar-refractivity contribution in [1.82, 2.24) is 14.9 Å². The molecule has 2 aromatic carbocycles. The summed E-state index contributed by atoms with van der Waals surface area (Å²) in [7, 11) is 1.59. The molecule has 6 nitrogen and oxygen atoms in total. The van der Waals surface area contributed by atoms with Gasteiger partial charge in [-0.25, -0.2) is 0 Å². The summed E-state index contributed by atoms with van der Waals surface area (Å²) in [5, 5.41) is 12.4. The normalized spacial score (nSPS) is 11.4. The van der Waals surface area contributed by atoms with Crippen LogP contribution in [0.5, 0.6) is 11.5 Å². The van der Waals surface area contributed by atoms with Crippen LogP contribution in [-0.4, -0.2) is 28.2 Å². The van der Waals surface area contributed by atoms with Crippen LogP contribution in [0, 0.1) is 4.77 Å². The van der Waals surface area contributed by atoms with Gasteiger partial charge in [-0.1, -0.05) is 43.1 Å². The molecule has 1 N–H and O–H groups in total. The lowest BCUT2D eigenvalue weighted by atomic mass is 10.2. The average molecular weight is 451 g/mol. The quantitative estimate of drug-likeness (QED) is 0.362. The fraction of sp³-hybridized carbons (Fsp3) is 0.250. The molecule has 0 spiro atoms. The van der Waals surface area contributed by atoms with Gasteiger partial charge in [-0.15, -0.1) is 0 Å². The topological polar surface area (TPSA) is 64.4 Å². The second kappa shape index (κ2) is 9.43. The van der Waals surface area contributed by atoms with Gasteiger partial charge in [0, 0.05) is 5.92 Å². The highest BCUT2D eigenvalue weighted by Crippen LogP contribution is 2.29. The molecule has 0 saturated heterocycles. The first-order valence-corrected chi connectivity index (χ1v) is 10.0. The molecule has 0 amide bonds. The van der Waals surface area contributed by atoms with Gasteiger partial charge in [0.1, 0.15) is 6.61 Å². The van der Waals surface area contributed by atoms with E-state index < -0.39 is 0 Å². The number of aromatic amines is 1. The SMILES string of the molecule is COc1cc(/C=N/n2c(C(C)C)n[nH]c2=S)ccc1OCc1ccc(Cl)c(Cl)c1. The Balaban J connectivity index is 1.77. The maximum atomic E-state index is 6.05. The fourth-order valence-corrected chi connectivity index (χ4v) is 3.09. The Morgan fingerprint density at radius 1 is 1.17 bits per heavy atom. The molecule has 0 aliphatic carbocycles. The first kappa shape index (κ1) is 21.4. The van der Waals surface area contributed by atoms with Crippen molar-refractivity contribution in [3.8, 4) is 11.5 Å². The molecule has 29 heavy (non-hydrogen) atoms. The van der Waals surface area contributed by atoms with Crippen LogP contribution in [0.25, 0.3) is 0 Å². The third-order valence-electron chi connectivity index (χ3n) is 4.08. The van der Waals surface area contributed by atoms with Crippen molar-refractivity contribution >= 4 is 41.6 Å². The molecule has 0 saturated carbocycles. The molecule has 0 radical (unpaired) electrons. The van der Waals surface area contributed by atoms with Gasteiger partial charge < -0.3 is 9.47 Å². The smallest absolute Gasteiger partial charge is 0.216 e. The summed E-state index contributed by atoms with van der Waals surface area (Å²) >= 11 is 17.2. The summed E-state index contributed by atoms with van der Waals surface area (Å²) in [6.07, 6.45) is 1.70. The molecular formula is C20H20Cl2N4O2S. The number of nitrogens with one attached hydrogen (secondary N) is 1. The summed E-state index contributed by atoms with van der Waals surface area (Å²) in [6.45, 7) is 4.39. The maximum absolute atomic E-state index is 6.05. The zero-order chi connectivity index (χ0) is 21.0. The van der Waals surface area contributed by atoms with E-state index in [4.69, 9.17) is 44.9 Å². The Hall–Kier alpha value is -2.35. The third kappa shape index (κ3) is 5.18. The minimum absolute atomic E-state index is 0.187. The molecule has 0 unspecified atom stereocenters. The highest BCUT2D eigenvalue weighted by atomic mass is 35.5. The van der Waals surface area contributed by atoms with Gasteiger partial charge in [-0.05, 0) is 53.7 Å². The summed E-state index contributed by atoms with van der Waals surface area (Å²) in [5.41, 5.74) is 1.74. The largest absolute Gasteiger partial charge is 0.493 e. The van der Waals surface area contributed by atoms with E-state index in [9.17, 15) is 0 Å². The molecule has 152 valence electrons. The number of H-pyrrole nitrogens is 1. The number of rotatable bonds is 7. The number of hydrogen-bond donors (Lipinski definition) is 1. The van der Waals surface area contributed by atoms with Crippen LogP contribution < -0.4 is 9.47 Å². The molecule has 0 bridgehead atoms. The number of hydrogen-bond acceptors (Lipinski definition) is 5. The van der Waals surface area contributed by atoms with E-state index in [1.807, 2.05) is 38.1 Å². The molecule has 1 aromatic heterocycles. The standard InChI is InChI=1S/C20H20Cl2N4O2S/c1-12(2)19-24-25-20(29)26(19)23-10-13-5-7-17(18(9-13)27-3)28-11-14-4-6-15(21)16(22)8-14/h4-10,12H,11H2,1-3H3,(H,25,29)/b23-10+. The van der Waals surface area contributed by atoms with Gasteiger partial charge in [-0.3, -0.25) is 5.10 Å². The van der Waals surface area contributed by atoms with Gasteiger partial charge in [0.25, 0.3) is 0 Å². The van der Waals surface area contributed by atoms with Crippen LogP contribution in [0.1, 0.15) is 36.7 Å². The summed E-state index contributed by atoms with van der Waals surface area (Å²) in [4.78, 5) is 0. The third-order valence-corrected chi connectivity index (χ3v) is 5.08. The first-order valence-electron chi connectivity index (χ1n) is 8.85. The maximum Gasteiger partial charge on any atom is 0.216 e. The van der Waals surface area contributed by atoms with Crippen molar-refractivity contribution in [1.29, 1.82) is 0 Å². The predicted octanol–water partition coefficient (Wildman–Crippen LogP) is 5.84. The summed E-state index contributed by atoms with van der Waals surface area (Å²) in [5.74, 6) is 2.15. The average Bonchev–Trinajstić information content (AvgIpc) is 3.08. The zero-order valence-corrected chi connectivity index (χ0v) is 18.5. The number of methoxy groups -OCH3 is 1. The van der Waals surface area contributed by atoms with E-state index in [0.29, 0.717) is 32.9 Å². The fourth-order valence-electron chi connectivity index (χ4n) is 2.59. The number of halogens is 2. The molecule has 0 aliphatic heterocycles. The number of ether oxygens (including phenoxy) is 2. The van der Waals surface area contributed by atoms with Crippen LogP contribution in [0.3, 0.4) is 0 Å². The van der Waals surface area contributed by atoms with Crippen molar-refractivity contribution in [3.05, 3.63) is 68.2 Å². The lowest BCUT2D eigenvalue weighted by molar-refractivity contribution is 0.284. The minimum atomic E-state index is 0.187. The minimum Gasteiger partial charge on any atom is -0.493 e. The Bertz CT molecular complexity index is 1090. The second-order valence-corrected chi connectivity index (χ2v) is 7.75. The first-order chi connectivity index (χ1) is 13.9. The van der Waals surface area contributed by atoms with Crippen molar-refractivity contribution in [2.75, 3.05) is 7.11 Å². The van der Waals surface area contributed by atoms with E-state index in [1.54, 1.807) is 30.1 Å². The number of aromatic nitrogens is 3. The van der Waals surface area contributed by atoms with E-state index >= 15 is 0 Å². The molecule has 0 aliphatic rings. The lowest BCUT2D eigenvalue weighted by Gasteiger charge is -2.12. The highest BCUT2D eigenvalue weighted by molar-refractivity contribution is 7.71. The van der Waals surface area contributed by atoms with Gasteiger partial charge in [0.15, 0.2) is 17.3 Å². The molecule has 0 fully saturated rings. The van der Waals surface area contributed by atoms with Crippen LogP contribution >= 0.6 is 35.4 Å². The molecular weight excluding hydrogens is 431 g/mol. The number of benzene rings is 2. The van der Waals surface area contributed by atoms with E-state index in [-0.39, 0.29) is 5.92 Å². The Morgan fingerprint density at radius 3 is 2.66 bits per heavy atom. The second-order valence-electron chi connectivity index (χ2n) is 6.55. The van der Waals surface area contributed by atoms with Crippen LogP contribution in [0.2, 0.25) is 10.0 Å². The molecule has 1 heterocycles. The zero-order valence-electron chi connectivity index (χ0n) is 16.1. The van der Waals surface area contributed by atoms with Crippen LogP contribution in [0.4, 0.5) is 0 Å². The van der Waals surface area contributed by atoms with Crippen LogP contribution in [-0.2, 0) is 6.61 Å². The van der Waals surface area contributed by atoms with Gasteiger partial charge >= 0.3 is 0 Å². The molecule has 3 aromatic rings. The van der Waals surface area contributed by atoms with Crippen molar-refractivity contribution in [3.63, 3.8) is 0 Å². The van der Waals surface area contributed by atoms with Gasteiger partial charge in [-0.2, -0.15) is 14.9 Å². The predicted molar refractivity (Wildman–Crippen MR) is 118 cm³/mol. The Labute approximate surface area is 184 Å². The van der Waals surface area contributed by atoms with E-state index in [1.165, 1.54) is 0 Å². The monoisotopic (exact) mass is 450 g/mol. The van der Waals surface area contributed by atoms with Crippen molar-refractivity contribution in [2.45, 2.75) is 26.4 Å². The highest BCUT2D eigenvalue weighted by Gasteiger charge is 2.10. The summed E-state index contributed by atoms with van der Waals surface area (Å²) < 4.78 is 13.4. The Kier molecular flexibility index (Phi) is 6.95. The molecule has 0 atom stereocenters. The van der Waals surface area contributed by atoms with Crippen molar-refractivity contribution in [2.24, 2.45) is 5.10 Å². The Morgan fingerprint density at radius 2 is 1.97 bits per heavy atom. The lowest BCUT2D eigenvalue weighted by Crippen LogP contribution is -2.01. The van der Waals surface area contributed by atoms with Gasteiger partial charge in [0.05, 0.1) is 23.4 Å². The van der Waals surface area contributed by atoms with E-state index in [0.717, 1.165) is 17.0 Å². The van der Waals surface area contributed by atoms with Crippen molar-refractivity contribution < 1.29 is 9.47 Å². The molecule has 9 heteroatoms. The van der Waals surface area contributed by atoms with Gasteiger partial charge in [0.2, 0.25) is 4.77 Å². The van der Waals surface area contributed by atoms with Crippen LogP contribution in [0.15, 0.2) is 41.5 Å². The summed E-state index contributed by atoms with van der Waals surface area (Å²) in [6, 6.07) is 10.9. The number of nitrogens with zero attached hydrogens (tertiary/aromatic N) is 3.